The van der Waals surface area contributed by atoms with Gasteiger partial charge in [0, 0.05) is 0 Å². The van der Waals surface area contributed by atoms with Crippen LogP contribution in [0.4, 0.5) is 0 Å². The van der Waals surface area contributed by atoms with E-state index in [4.69, 9.17) is 0 Å². The molecule has 0 fully saturated rings. The molecule has 0 saturated carbocycles. The average molecular weight is 357 g/mol. The van der Waals surface area contributed by atoms with E-state index in [1.807, 2.05) is 39.8 Å². The number of benzene rings is 3. The van der Waals surface area contributed by atoms with Crippen LogP contribution in [-0.2, 0) is 0 Å². The van der Waals surface area contributed by atoms with Crippen molar-refractivity contribution in [2.24, 2.45) is 0 Å². The third-order valence-electron chi connectivity index (χ3n) is 3.80. The Morgan fingerprint density at radius 2 is 1.04 bits per heavy atom. The SMILES string of the molecule is CC.CC.Cc1ccc(C=CC=C(c2ccccc2)c2ccccc2)cc1. The summed E-state index contributed by atoms with van der Waals surface area (Å²) < 4.78 is 0. The molecule has 3 aromatic rings. The molecule has 0 bridgehead atoms. The topological polar surface area (TPSA) is 0 Å². The van der Waals surface area contributed by atoms with Crippen LogP contribution in [-0.4, -0.2) is 0 Å². The molecule has 27 heavy (non-hydrogen) atoms. The molecule has 0 saturated heterocycles. The normalized spacial score (nSPS) is 9.52. The number of allylic oxidation sites excluding steroid dienone is 2. The first kappa shape index (κ1) is 22.2. The lowest BCUT2D eigenvalue weighted by atomic mass is 9.97. The lowest BCUT2D eigenvalue weighted by molar-refractivity contribution is 1.46. The van der Waals surface area contributed by atoms with E-state index in [-0.39, 0.29) is 0 Å². The van der Waals surface area contributed by atoms with Crippen molar-refractivity contribution in [3.8, 4) is 0 Å². The third-order valence-corrected chi connectivity index (χ3v) is 3.80. The second kappa shape index (κ2) is 13.4. The number of hydrogen-bond donors (Lipinski definition) is 0. The van der Waals surface area contributed by atoms with Crippen LogP contribution in [0.1, 0.15) is 49.9 Å². The van der Waals surface area contributed by atoms with Gasteiger partial charge in [-0.1, -0.05) is 136 Å². The molecule has 0 nitrogen and oxygen atoms in total. The first-order valence-electron chi connectivity index (χ1n) is 9.89. The molecule has 0 spiro atoms. The summed E-state index contributed by atoms with van der Waals surface area (Å²) in [5.41, 5.74) is 6.19. The van der Waals surface area contributed by atoms with Gasteiger partial charge in [0.05, 0.1) is 0 Å². The van der Waals surface area contributed by atoms with Crippen LogP contribution in [0.5, 0.6) is 0 Å². The molecule has 0 atom stereocenters. The molecule has 0 aliphatic rings. The van der Waals surface area contributed by atoms with Gasteiger partial charge in [0.1, 0.15) is 0 Å². The Hall–Kier alpha value is -2.86. The summed E-state index contributed by atoms with van der Waals surface area (Å²) >= 11 is 0. The van der Waals surface area contributed by atoms with Crippen LogP contribution in [0, 0.1) is 6.92 Å². The largest absolute Gasteiger partial charge is 0.0683 e. The zero-order valence-electron chi connectivity index (χ0n) is 17.3. The van der Waals surface area contributed by atoms with E-state index < -0.39 is 0 Å². The molecular formula is C27H32. The Labute approximate surface area is 165 Å². The molecule has 0 unspecified atom stereocenters. The second-order valence-corrected chi connectivity index (χ2v) is 5.58. The van der Waals surface area contributed by atoms with Crippen molar-refractivity contribution in [1.82, 2.24) is 0 Å². The van der Waals surface area contributed by atoms with E-state index in [9.17, 15) is 0 Å². The van der Waals surface area contributed by atoms with Gasteiger partial charge in [0.15, 0.2) is 0 Å². The van der Waals surface area contributed by atoms with E-state index in [2.05, 4.69) is 97.9 Å². The predicted molar refractivity (Wildman–Crippen MR) is 123 cm³/mol. The number of aryl methyl sites for hydroxylation is 1. The maximum absolute atomic E-state index is 2.19. The van der Waals surface area contributed by atoms with Crippen molar-refractivity contribution in [1.29, 1.82) is 0 Å². The van der Waals surface area contributed by atoms with Gasteiger partial charge in [0.2, 0.25) is 0 Å². The second-order valence-electron chi connectivity index (χ2n) is 5.58. The van der Waals surface area contributed by atoms with Gasteiger partial charge in [-0.25, -0.2) is 0 Å². The standard InChI is InChI=1S/C23H20.2C2H6/c1-19-15-17-20(18-16-19)9-8-14-23(21-10-4-2-5-11-21)22-12-6-3-7-13-22;2*1-2/h2-18H,1H3;2*1-2H3. The quantitative estimate of drug-likeness (QED) is 0.413. The fourth-order valence-corrected chi connectivity index (χ4v) is 2.53. The minimum atomic E-state index is 1.22. The smallest absolute Gasteiger partial charge is 0.0111 e. The maximum atomic E-state index is 2.19. The fourth-order valence-electron chi connectivity index (χ4n) is 2.53. The molecule has 3 aromatic carbocycles. The van der Waals surface area contributed by atoms with E-state index in [1.165, 1.54) is 27.8 Å². The van der Waals surface area contributed by atoms with E-state index >= 15 is 0 Å². The molecule has 0 aliphatic heterocycles. The van der Waals surface area contributed by atoms with Gasteiger partial charge in [-0.15, -0.1) is 0 Å². The van der Waals surface area contributed by atoms with Crippen molar-refractivity contribution in [3.63, 3.8) is 0 Å². The molecule has 140 valence electrons. The van der Waals surface area contributed by atoms with Crippen LogP contribution in [0.25, 0.3) is 11.6 Å². The monoisotopic (exact) mass is 356 g/mol. The Bertz CT molecular complexity index is 750. The molecule has 0 N–H and O–H groups in total. The molecule has 0 amide bonds. The van der Waals surface area contributed by atoms with E-state index in [0.717, 1.165) is 0 Å². The van der Waals surface area contributed by atoms with Gasteiger partial charge in [-0.3, -0.25) is 0 Å². The van der Waals surface area contributed by atoms with Crippen molar-refractivity contribution in [2.45, 2.75) is 34.6 Å². The van der Waals surface area contributed by atoms with Gasteiger partial charge in [-0.05, 0) is 29.2 Å². The Balaban J connectivity index is 0.000000855. The zero-order chi connectivity index (χ0) is 19.9. The van der Waals surface area contributed by atoms with Crippen molar-refractivity contribution >= 4 is 11.6 Å². The van der Waals surface area contributed by atoms with Crippen LogP contribution >= 0.6 is 0 Å². The van der Waals surface area contributed by atoms with Crippen LogP contribution in [0.15, 0.2) is 97.1 Å². The summed E-state index contributed by atoms with van der Waals surface area (Å²) in [4.78, 5) is 0. The van der Waals surface area contributed by atoms with Crippen LogP contribution in [0.3, 0.4) is 0 Å². The van der Waals surface area contributed by atoms with Gasteiger partial charge in [0.25, 0.3) is 0 Å². The van der Waals surface area contributed by atoms with Crippen molar-refractivity contribution in [2.75, 3.05) is 0 Å². The Morgan fingerprint density at radius 3 is 1.48 bits per heavy atom. The Morgan fingerprint density at radius 1 is 0.593 bits per heavy atom. The Kier molecular flexibility index (Phi) is 11.0. The highest BCUT2D eigenvalue weighted by Crippen LogP contribution is 2.23. The summed E-state index contributed by atoms with van der Waals surface area (Å²) in [6.07, 6.45) is 6.45. The molecule has 3 rings (SSSR count). The number of rotatable bonds is 4. The minimum absolute atomic E-state index is 1.22. The first-order valence-corrected chi connectivity index (χ1v) is 9.89. The molecule has 0 aliphatic carbocycles. The minimum Gasteiger partial charge on any atom is -0.0683 e. The predicted octanol–water partition coefficient (Wildman–Crippen LogP) is 8.19. The summed E-state index contributed by atoms with van der Waals surface area (Å²) in [5.74, 6) is 0. The zero-order valence-corrected chi connectivity index (χ0v) is 17.3. The molecule has 0 heteroatoms. The van der Waals surface area contributed by atoms with Crippen molar-refractivity contribution < 1.29 is 0 Å². The fraction of sp³-hybridized carbons (Fsp3) is 0.185. The highest BCUT2D eigenvalue weighted by atomic mass is 14.1. The third kappa shape index (κ3) is 7.50. The average Bonchev–Trinajstić information content (AvgIpc) is 2.77. The number of hydrogen-bond acceptors (Lipinski definition) is 0. The summed E-state index contributed by atoms with van der Waals surface area (Å²) in [6.45, 7) is 10.1. The van der Waals surface area contributed by atoms with E-state index in [1.54, 1.807) is 0 Å². The lowest BCUT2D eigenvalue weighted by Gasteiger charge is -2.07. The van der Waals surface area contributed by atoms with Gasteiger partial charge >= 0.3 is 0 Å². The lowest BCUT2D eigenvalue weighted by Crippen LogP contribution is -1.86. The molecule has 0 heterocycles. The summed E-state index contributed by atoms with van der Waals surface area (Å²) in [6, 6.07) is 29.6. The van der Waals surface area contributed by atoms with Crippen molar-refractivity contribution in [3.05, 3.63) is 119 Å². The van der Waals surface area contributed by atoms with Crippen LogP contribution in [0.2, 0.25) is 0 Å². The van der Waals surface area contributed by atoms with Crippen LogP contribution < -0.4 is 0 Å². The summed E-state index contributed by atoms with van der Waals surface area (Å²) in [7, 11) is 0. The van der Waals surface area contributed by atoms with Gasteiger partial charge in [-0.2, -0.15) is 0 Å². The van der Waals surface area contributed by atoms with E-state index in [0.29, 0.717) is 0 Å². The molecule has 0 radical (unpaired) electrons. The highest BCUT2D eigenvalue weighted by molar-refractivity contribution is 5.81. The highest BCUT2D eigenvalue weighted by Gasteiger charge is 2.02. The molecular weight excluding hydrogens is 324 g/mol. The molecule has 0 aromatic heterocycles. The maximum Gasteiger partial charge on any atom is -0.0111 e. The summed E-state index contributed by atoms with van der Waals surface area (Å²) in [5, 5.41) is 0. The van der Waals surface area contributed by atoms with Gasteiger partial charge < -0.3 is 0 Å². The first-order chi connectivity index (χ1) is 13.3.